The number of nitro benzene ring substituents is 1. The number of para-hydroxylation sites is 1. The lowest BCUT2D eigenvalue weighted by Crippen LogP contribution is -2.14. The second-order valence-electron chi connectivity index (χ2n) is 4.70. The van der Waals surface area contributed by atoms with Gasteiger partial charge in [0, 0.05) is 17.2 Å². The van der Waals surface area contributed by atoms with Gasteiger partial charge in [-0.2, -0.15) is 0 Å². The van der Waals surface area contributed by atoms with Gasteiger partial charge in [-0.25, -0.2) is 0 Å². The number of hydrogen-bond donors (Lipinski definition) is 1. The summed E-state index contributed by atoms with van der Waals surface area (Å²) in [5.41, 5.74) is 0.801. The number of anilines is 1. The molecule has 0 atom stereocenters. The smallest absolute Gasteiger partial charge is 0.283 e. The number of ketones is 1. The Morgan fingerprint density at radius 2 is 1.87 bits per heavy atom. The van der Waals surface area contributed by atoms with Crippen LogP contribution in [0.3, 0.4) is 0 Å². The lowest BCUT2D eigenvalue weighted by Gasteiger charge is -2.09. The highest BCUT2D eigenvalue weighted by molar-refractivity contribution is 7.98. The van der Waals surface area contributed by atoms with Crippen molar-refractivity contribution in [3.05, 3.63) is 63.7 Å². The van der Waals surface area contributed by atoms with Crippen LogP contribution in [-0.2, 0) is 0 Å². The molecular formula is C16H14N2O4S. The molecule has 2 aromatic carbocycles. The number of Topliss-reactive ketones (excluding diaryl/α,β-unsaturated/α-hetero) is 1. The van der Waals surface area contributed by atoms with Crippen LogP contribution in [0.15, 0.2) is 47.4 Å². The van der Waals surface area contributed by atoms with Crippen LogP contribution in [0.2, 0.25) is 0 Å². The normalized spacial score (nSPS) is 10.2. The van der Waals surface area contributed by atoms with Gasteiger partial charge in [-0.1, -0.05) is 12.1 Å². The van der Waals surface area contributed by atoms with E-state index in [1.165, 1.54) is 36.9 Å². The average molecular weight is 330 g/mol. The predicted molar refractivity (Wildman–Crippen MR) is 89.3 cm³/mol. The predicted octanol–water partition coefficient (Wildman–Crippen LogP) is 3.77. The van der Waals surface area contributed by atoms with Gasteiger partial charge in [0.05, 0.1) is 15.5 Å². The third kappa shape index (κ3) is 3.75. The van der Waals surface area contributed by atoms with Gasteiger partial charge in [0.25, 0.3) is 11.6 Å². The topological polar surface area (TPSA) is 89.3 Å². The number of nitrogens with one attached hydrogen (secondary N) is 1. The molecule has 0 bridgehead atoms. The highest BCUT2D eigenvalue weighted by Gasteiger charge is 2.18. The fourth-order valence-electron chi connectivity index (χ4n) is 2.07. The maximum Gasteiger partial charge on any atom is 0.283 e. The Bertz CT molecular complexity index is 789. The highest BCUT2D eigenvalue weighted by Crippen LogP contribution is 2.28. The van der Waals surface area contributed by atoms with Crippen molar-refractivity contribution in [3.8, 4) is 0 Å². The van der Waals surface area contributed by atoms with E-state index in [1.54, 1.807) is 30.5 Å². The monoisotopic (exact) mass is 330 g/mol. The number of amides is 1. The third-order valence-corrected chi connectivity index (χ3v) is 3.98. The Hall–Kier alpha value is -2.67. The molecule has 0 fully saturated rings. The summed E-state index contributed by atoms with van der Waals surface area (Å²) in [4.78, 5) is 34.9. The molecule has 0 radical (unpaired) electrons. The molecule has 0 spiro atoms. The second-order valence-corrected chi connectivity index (χ2v) is 5.55. The molecule has 1 amide bonds. The summed E-state index contributed by atoms with van der Waals surface area (Å²) in [5.74, 6) is -0.681. The van der Waals surface area contributed by atoms with Crippen molar-refractivity contribution in [2.45, 2.75) is 11.8 Å². The van der Waals surface area contributed by atoms with Gasteiger partial charge >= 0.3 is 0 Å². The zero-order valence-corrected chi connectivity index (χ0v) is 13.3. The van der Waals surface area contributed by atoms with Gasteiger partial charge in [0.2, 0.25) is 0 Å². The van der Waals surface area contributed by atoms with Gasteiger partial charge < -0.3 is 5.32 Å². The summed E-state index contributed by atoms with van der Waals surface area (Å²) in [6.07, 6.45) is 1.73. The van der Waals surface area contributed by atoms with Crippen molar-refractivity contribution in [1.29, 1.82) is 0 Å². The number of hydrogen-bond acceptors (Lipinski definition) is 5. The lowest BCUT2D eigenvalue weighted by atomic mass is 10.1. The second kappa shape index (κ2) is 7.06. The first-order valence-electron chi connectivity index (χ1n) is 6.67. The number of benzene rings is 2. The molecule has 7 heteroatoms. The summed E-state index contributed by atoms with van der Waals surface area (Å²) in [7, 11) is 0. The van der Waals surface area contributed by atoms with Crippen LogP contribution in [0, 0.1) is 10.1 Å². The van der Waals surface area contributed by atoms with Crippen molar-refractivity contribution in [3.63, 3.8) is 0 Å². The number of nitro groups is 1. The fourth-order valence-corrected chi connectivity index (χ4v) is 2.61. The van der Waals surface area contributed by atoms with Crippen molar-refractivity contribution >= 4 is 34.8 Å². The van der Waals surface area contributed by atoms with E-state index in [9.17, 15) is 19.7 Å². The minimum absolute atomic E-state index is 0.120. The largest absolute Gasteiger partial charge is 0.321 e. The van der Waals surface area contributed by atoms with E-state index in [2.05, 4.69) is 5.32 Å². The molecule has 118 valence electrons. The minimum atomic E-state index is -0.522. The summed E-state index contributed by atoms with van der Waals surface area (Å²) in [6, 6.07) is 10.9. The Labute approximate surface area is 137 Å². The maximum absolute atomic E-state index is 12.3. The molecule has 6 nitrogen and oxygen atoms in total. The first kappa shape index (κ1) is 16.7. The summed E-state index contributed by atoms with van der Waals surface area (Å²) >= 11 is 1.24. The molecule has 0 aromatic heterocycles. The summed E-state index contributed by atoms with van der Waals surface area (Å²) in [5, 5.41) is 13.7. The van der Waals surface area contributed by atoms with Crippen molar-refractivity contribution in [2.24, 2.45) is 0 Å². The Morgan fingerprint density at radius 3 is 2.48 bits per heavy atom. The van der Waals surface area contributed by atoms with E-state index in [0.717, 1.165) is 0 Å². The molecule has 0 aliphatic carbocycles. The average Bonchev–Trinajstić information content (AvgIpc) is 2.54. The highest BCUT2D eigenvalue weighted by atomic mass is 32.2. The molecule has 0 saturated carbocycles. The summed E-state index contributed by atoms with van der Waals surface area (Å²) in [6.45, 7) is 1.41. The van der Waals surface area contributed by atoms with Gasteiger partial charge in [0.1, 0.15) is 0 Å². The van der Waals surface area contributed by atoms with Crippen LogP contribution in [0.5, 0.6) is 0 Å². The molecule has 0 aliphatic heterocycles. The van der Waals surface area contributed by atoms with Gasteiger partial charge in [-0.05, 0) is 37.4 Å². The molecule has 2 rings (SSSR count). The van der Waals surface area contributed by atoms with E-state index in [0.29, 0.717) is 16.1 Å². The molecule has 0 aliphatic rings. The quantitative estimate of drug-likeness (QED) is 0.390. The number of rotatable bonds is 5. The van der Waals surface area contributed by atoms with Crippen LogP contribution in [-0.4, -0.2) is 22.9 Å². The maximum atomic E-state index is 12.3. The third-order valence-electron chi connectivity index (χ3n) is 3.19. The zero-order valence-electron chi connectivity index (χ0n) is 12.5. The molecule has 0 saturated heterocycles. The Morgan fingerprint density at radius 1 is 1.17 bits per heavy atom. The first-order valence-corrected chi connectivity index (χ1v) is 7.90. The van der Waals surface area contributed by atoms with E-state index in [-0.39, 0.29) is 17.0 Å². The SMILES string of the molecule is CSc1ccc(C(=O)Nc2ccccc2C(C)=O)cc1[N+](=O)[O-]. The van der Waals surface area contributed by atoms with Gasteiger partial charge in [-0.15, -0.1) is 11.8 Å². The van der Waals surface area contributed by atoms with Crippen LogP contribution < -0.4 is 5.32 Å². The van der Waals surface area contributed by atoms with Crippen molar-refractivity contribution in [1.82, 2.24) is 0 Å². The lowest BCUT2D eigenvalue weighted by molar-refractivity contribution is -0.387. The Kier molecular flexibility index (Phi) is 5.13. The zero-order chi connectivity index (χ0) is 17.0. The standard InChI is InChI=1S/C16H14N2O4S/c1-10(19)12-5-3-4-6-13(12)17-16(20)11-7-8-15(23-2)14(9-11)18(21)22/h3-9H,1-2H3,(H,17,20). The van der Waals surface area contributed by atoms with E-state index in [1.807, 2.05) is 0 Å². The van der Waals surface area contributed by atoms with Crippen LogP contribution >= 0.6 is 11.8 Å². The first-order chi connectivity index (χ1) is 10.9. The molecular weight excluding hydrogens is 316 g/mol. The molecule has 23 heavy (non-hydrogen) atoms. The van der Waals surface area contributed by atoms with Crippen LogP contribution in [0.4, 0.5) is 11.4 Å². The molecule has 1 N–H and O–H groups in total. The molecule has 0 heterocycles. The van der Waals surface area contributed by atoms with Crippen molar-refractivity contribution < 1.29 is 14.5 Å². The van der Waals surface area contributed by atoms with Gasteiger partial charge in [-0.3, -0.25) is 19.7 Å². The number of carbonyl (C=O) groups is 2. The van der Waals surface area contributed by atoms with Gasteiger partial charge in [0.15, 0.2) is 5.78 Å². The van der Waals surface area contributed by atoms with Crippen LogP contribution in [0.1, 0.15) is 27.6 Å². The molecule has 0 unspecified atom stereocenters. The molecule has 2 aromatic rings. The van der Waals surface area contributed by atoms with E-state index >= 15 is 0 Å². The van der Waals surface area contributed by atoms with Crippen LogP contribution in [0.25, 0.3) is 0 Å². The number of nitrogens with zero attached hydrogens (tertiary/aromatic N) is 1. The fraction of sp³-hybridized carbons (Fsp3) is 0.125. The number of thioether (sulfide) groups is 1. The van der Waals surface area contributed by atoms with Crippen molar-refractivity contribution in [2.75, 3.05) is 11.6 Å². The number of carbonyl (C=O) groups excluding carboxylic acids is 2. The van der Waals surface area contributed by atoms with E-state index < -0.39 is 10.8 Å². The minimum Gasteiger partial charge on any atom is -0.321 e. The Balaban J connectivity index is 2.34. The summed E-state index contributed by atoms with van der Waals surface area (Å²) < 4.78 is 0. The van der Waals surface area contributed by atoms with E-state index in [4.69, 9.17) is 0 Å².